The molecule has 1 heterocycles. The van der Waals surface area contributed by atoms with E-state index in [4.69, 9.17) is 0 Å². The van der Waals surface area contributed by atoms with Crippen LogP contribution < -0.4 is 5.32 Å². The lowest BCUT2D eigenvalue weighted by Crippen LogP contribution is -2.30. The van der Waals surface area contributed by atoms with Gasteiger partial charge in [-0.15, -0.1) is 0 Å². The van der Waals surface area contributed by atoms with Crippen molar-refractivity contribution in [2.45, 2.75) is 24.6 Å². The minimum atomic E-state index is -4.40. The fraction of sp³-hybridized carbons (Fsp3) is 0.263. The van der Waals surface area contributed by atoms with Gasteiger partial charge < -0.3 is 5.32 Å². The molecule has 3 atom stereocenters. The molecule has 0 bridgehead atoms. The molecule has 0 saturated carbocycles. The Morgan fingerprint density at radius 3 is 2.58 bits per heavy atom. The van der Waals surface area contributed by atoms with Crippen LogP contribution in [0.4, 0.5) is 23.2 Å². The Labute approximate surface area is 137 Å². The smallest absolute Gasteiger partial charge is 0.378 e. The van der Waals surface area contributed by atoms with E-state index in [2.05, 4.69) is 5.32 Å². The maximum atomic E-state index is 13.6. The third-order valence-electron chi connectivity index (χ3n) is 4.93. The van der Waals surface area contributed by atoms with E-state index in [1.165, 1.54) is 24.3 Å². The summed E-state index contributed by atoms with van der Waals surface area (Å²) in [5.41, 5.74) is 1.15. The predicted molar refractivity (Wildman–Crippen MR) is 84.2 cm³/mol. The second-order valence-corrected chi connectivity index (χ2v) is 6.29. The minimum absolute atomic E-state index is 0.0530. The highest BCUT2D eigenvalue weighted by Crippen LogP contribution is 2.51. The molecule has 0 saturated heterocycles. The molecule has 5 heteroatoms. The van der Waals surface area contributed by atoms with Gasteiger partial charge in [-0.1, -0.05) is 30.4 Å². The van der Waals surface area contributed by atoms with E-state index in [-0.39, 0.29) is 23.2 Å². The van der Waals surface area contributed by atoms with Gasteiger partial charge in [-0.05, 0) is 47.7 Å². The summed E-state index contributed by atoms with van der Waals surface area (Å²) in [6.45, 7) is 0. The molecule has 1 N–H and O–H groups in total. The van der Waals surface area contributed by atoms with Crippen LogP contribution in [0.1, 0.15) is 35.1 Å². The quantitative estimate of drug-likeness (QED) is 0.524. The zero-order valence-electron chi connectivity index (χ0n) is 12.6. The highest BCUT2D eigenvalue weighted by atomic mass is 19.4. The van der Waals surface area contributed by atoms with E-state index < -0.39 is 17.8 Å². The number of hydrogen-bond acceptors (Lipinski definition) is 1. The predicted octanol–water partition coefficient (Wildman–Crippen LogP) is 5.67. The molecular weight excluding hydrogens is 318 g/mol. The topological polar surface area (TPSA) is 12.0 Å². The number of benzene rings is 2. The summed E-state index contributed by atoms with van der Waals surface area (Å²) in [4.78, 5) is 0. The molecular formula is C19H15F4N. The van der Waals surface area contributed by atoms with Crippen molar-refractivity contribution in [3.05, 3.63) is 77.1 Å². The Bertz CT molecular complexity index is 809. The summed E-state index contributed by atoms with van der Waals surface area (Å²) in [5, 5.41) is 3.22. The molecule has 0 spiro atoms. The molecule has 1 aliphatic carbocycles. The molecule has 2 aromatic rings. The van der Waals surface area contributed by atoms with Crippen LogP contribution in [0, 0.1) is 11.7 Å². The maximum Gasteiger partial charge on any atom is 0.416 e. The van der Waals surface area contributed by atoms with Crippen LogP contribution in [0.25, 0.3) is 0 Å². The Kier molecular flexibility index (Phi) is 3.41. The van der Waals surface area contributed by atoms with Gasteiger partial charge in [0.2, 0.25) is 0 Å². The van der Waals surface area contributed by atoms with Gasteiger partial charge in [0.15, 0.2) is 0 Å². The number of hydrogen-bond donors (Lipinski definition) is 1. The van der Waals surface area contributed by atoms with Crippen LogP contribution in [-0.4, -0.2) is 0 Å². The van der Waals surface area contributed by atoms with E-state index >= 15 is 0 Å². The summed E-state index contributed by atoms with van der Waals surface area (Å²) in [6.07, 6.45) is 0.223. The van der Waals surface area contributed by atoms with Crippen LogP contribution in [0.3, 0.4) is 0 Å². The number of fused-ring (bicyclic) bond motifs is 3. The van der Waals surface area contributed by atoms with Gasteiger partial charge in [0.1, 0.15) is 5.82 Å². The summed E-state index contributed by atoms with van der Waals surface area (Å²) in [7, 11) is 0. The van der Waals surface area contributed by atoms with Crippen LogP contribution in [0.15, 0.2) is 54.6 Å². The van der Waals surface area contributed by atoms with Crippen molar-refractivity contribution in [3.63, 3.8) is 0 Å². The summed E-state index contributed by atoms with van der Waals surface area (Å²) >= 11 is 0. The highest BCUT2D eigenvalue weighted by Gasteiger charge is 2.42. The van der Waals surface area contributed by atoms with Gasteiger partial charge in [-0.2, -0.15) is 13.2 Å². The molecule has 1 nitrogen and oxygen atoms in total. The average molecular weight is 333 g/mol. The van der Waals surface area contributed by atoms with Gasteiger partial charge in [-0.25, -0.2) is 4.39 Å². The highest BCUT2D eigenvalue weighted by molar-refractivity contribution is 5.60. The SMILES string of the molecule is Fc1ccc2c(c1)[C@@H]1C=CC[C@@H]1[C@H](c1ccccc1C(F)(F)F)N2. The molecule has 0 fully saturated rings. The monoisotopic (exact) mass is 333 g/mol. The zero-order chi connectivity index (χ0) is 16.9. The lowest BCUT2D eigenvalue weighted by Gasteiger charge is -2.38. The van der Waals surface area contributed by atoms with E-state index in [1.807, 2.05) is 12.2 Å². The summed E-state index contributed by atoms with van der Waals surface area (Å²) < 4.78 is 53.8. The lowest BCUT2D eigenvalue weighted by molar-refractivity contribution is -0.138. The number of halogens is 4. The van der Waals surface area contributed by atoms with Gasteiger partial charge in [0.05, 0.1) is 11.6 Å². The van der Waals surface area contributed by atoms with Gasteiger partial charge in [-0.3, -0.25) is 0 Å². The fourth-order valence-electron chi connectivity index (χ4n) is 3.90. The maximum absolute atomic E-state index is 13.6. The number of rotatable bonds is 1. The molecule has 0 unspecified atom stereocenters. The van der Waals surface area contributed by atoms with Gasteiger partial charge >= 0.3 is 6.18 Å². The Morgan fingerprint density at radius 2 is 1.79 bits per heavy atom. The molecule has 4 rings (SSSR count). The third-order valence-corrected chi connectivity index (χ3v) is 4.93. The van der Waals surface area contributed by atoms with Crippen molar-refractivity contribution in [2.75, 3.05) is 5.32 Å². The minimum Gasteiger partial charge on any atom is -0.378 e. The molecule has 2 aromatic carbocycles. The molecule has 1 aliphatic heterocycles. The van der Waals surface area contributed by atoms with Crippen LogP contribution in [-0.2, 0) is 6.18 Å². The number of nitrogens with one attached hydrogen (secondary N) is 1. The molecule has 0 radical (unpaired) electrons. The molecule has 24 heavy (non-hydrogen) atoms. The molecule has 124 valence electrons. The van der Waals surface area contributed by atoms with E-state index in [1.54, 1.807) is 12.1 Å². The number of alkyl halides is 3. The van der Waals surface area contributed by atoms with Gasteiger partial charge in [0, 0.05) is 11.6 Å². The second kappa shape index (κ2) is 5.36. The van der Waals surface area contributed by atoms with E-state index in [0.29, 0.717) is 12.1 Å². The Hall–Kier alpha value is -2.30. The standard InChI is InChI=1S/C19H15F4N/c20-11-8-9-17-15(10-11)12-5-3-6-13(12)18(24-17)14-4-1-2-7-16(14)19(21,22)23/h1-5,7-10,12-13,18,24H,6H2/t12-,13+,18-/m1/s1. The average Bonchev–Trinajstić information content (AvgIpc) is 3.03. The lowest BCUT2D eigenvalue weighted by atomic mass is 9.76. The molecule has 0 amide bonds. The largest absolute Gasteiger partial charge is 0.416 e. The first-order valence-corrected chi connectivity index (χ1v) is 7.84. The zero-order valence-corrected chi connectivity index (χ0v) is 12.6. The van der Waals surface area contributed by atoms with Crippen molar-refractivity contribution in [2.24, 2.45) is 5.92 Å². The first-order valence-electron chi connectivity index (χ1n) is 7.84. The Morgan fingerprint density at radius 1 is 1.00 bits per heavy atom. The number of allylic oxidation sites excluding steroid dienone is 2. The number of anilines is 1. The normalized spacial score (nSPS) is 25.1. The van der Waals surface area contributed by atoms with Crippen LogP contribution in [0.2, 0.25) is 0 Å². The Balaban J connectivity index is 1.83. The second-order valence-electron chi connectivity index (χ2n) is 6.29. The van der Waals surface area contributed by atoms with E-state index in [0.717, 1.165) is 11.6 Å². The molecule has 0 aromatic heterocycles. The van der Waals surface area contributed by atoms with Crippen LogP contribution >= 0.6 is 0 Å². The third kappa shape index (κ3) is 2.39. The van der Waals surface area contributed by atoms with Crippen molar-refractivity contribution in [1.29, 1.82) is 0 Å². The first-order chi connectivity index (χ1) is 11.4. The van der Waals surface area contributed by atoms with Gasteiger partial charge in [0.25, 0.3) is 0 Å². The van der Waals surface area contributed by atoms with Crippen molar-refractivity contribution in [3.8, 4) is 0 Å². The first kappa shape index (κ1) is 15.2. The van der Waals surface area contributed by atoms with Crippen molar-refractivity contribution >= 4 is 5.69 Å². The summed E-state index contributed by atoms with van der Waals surface area (Å²) in [5.74, 6) is -0.449. The van der Waals surface area contributed by atoms with E-state index in [9.17, 15) is 17.6 Å². The molecule has 2 aliphatic rings. The van der Waals surface area contributed by atoms with Crippen LogP contribution in [0.5, 0.6) is 0 Å². The fourth-order valence-corrected chi connectivity index (χ4v) is 3.90. The summed E-state index contributed by atoms with van der Waals surface area (Å²) in [6, 6.07) is 9.64. The van der Waals surface area contributed by atoms with Crippen molar-refractivity contribution < 1.29 is 17.6 Å². The van der Waals surface area contributed by atoms with Crippen molar-refractivity contribution in [1.82, 2.24) is 0 Å².